The first kappa shape index (κ1) is 18.2. The van der Waals surface area contributed by atoms with Crippen molar-refractivity contribution in [1.82, 2.24) is 29.1 Å². The summed E-state index contributed by atoms with van der Waals surface area (Å²) in [7, 11) is 0. The van der Waals surface area contributed by atoms with E-state index in [1.54, 1.807) is 28.8 Å². The topological polar surface area (TPSA) is 72.9 Å². The Kier molecular flexibility index (Phi) is 4.55. The molecule has 0 unspecified atom stereocenters. The Balaban J connectivity index is 1.43. The number of nitrogens with zero attached hydrogens (tertiary/aromatic N) is 6. The second kappa shape index (κ2) is 7.51. The molecule has 3 aromatic heterocycles. The highest BCUT2D eigenvalue weighted by Crippen LogP contribution is 2.24. The lowest BCUT2D eigenvalue weighted by Crippen LogP contribution is -2.13. The molecule has 9 heteroatoms. The van der Waals surface area contributed by atoms with Crippen LogP contribution in [0.3, 0.4) is 0 Å². The number of nitrogens with one attached hydrogen (secondary N) is 1. The first-order chi connectivity index (χ1) is 14.7. The van der Waals surface area contributed by atoms with E-state index in [4.69, 9.17) is 0 Å². The van der Waals surface area contributed by atoms with Gasteiger partial charge in [-0.2, -0.15) is 23.4 Å². The van der Waals surface area contributed by atoms with Crippen molar-refractivity contribution in [3.63, 3.8) is 0 Å². The lowest BCUT2D eigenvalue weighted by molar-refractivity contribution is 0.0716. The summed E-state index contributed by atoms with van der Waals surface area (Å²) >= 11 is 0. The Morgan fingerprint density at radius 1 is 0.967 bits per heavy atom. The van der Waals surface area contributed by atoms with E-state index in [-0.39, 0.29) is 0 Å². The van der Waals surface area contributed by atoms with Gasteiger partial charge in [-0.15, -0.1) is 0 Å². The van der Waals surface area contributed by atoms with E-state index in [9.17, 15) is 8.78 Å². The summed E-state index contributed by atoms with van der Waals surface area (Å²) in [5, 5.41) is 7.46. The van der Waals surface area contributed by atoms with Crippen LogP contribution < -0.4 is 5.32 Å². The Morgan fingerprint density at radius 2 is 1.77 bits per heavy atom. The fourth-order valence-electron chi connectivity index (χ4n) is 3.49. The van der Waals surface area contributed by atoms with Gasteiger partial charge in [0.15, 0.2) is 0 Å². The summed E-state index contributed by atoms with van der Waals surface area (Å²) in [6, 6.07) is 18.5. The van der Waals surface area contributed by atoms with Crippen molar-refractivity contribution < 1.29 is 8.78 Å². The molecule has 0 aliphatic carbocycles. The van der Waals surface area contributed by atoms with Crippen molar-refractivity contribution >= 4 is 22.6 Å². The van der Waals surface area contributed by atoms with Crippen LogP contribution in [-0.4, -0.2) is 35.7 Å². The first-order valence-corrected chi connectivity index (χ1v) is 9.45. The fraction of sp³-hybridized carbons (Fsp3) is 0.143. The molecular formula is C21H17F2N7. The molecular weight excluding hydrogens is 388 g/mol. The number of alkyl halides is 2. The number of imidazole rings is 1. The molecule has 0 radical (unpaired) electrons. The number of aromatic nitrogens is 6. The van der Waals surface area contributed by atoms with Gasteiger partial charge in [-0.1, -0.05) is 42.5 Å². The summed E-state index contributed by atoms with van der Waals surface area (Å²) in [6.07, 6.45) is 1.75. The second-order valence-electron chi connectivity index (χ2n) is 6.71. The zero-order chi connectivity index (χ0) is 20.5. The van der Waals surface area contributed by atoms with Crippen molar-refractivity contribution in [2.24, 2.45) is 0 Å². The summed E-state index contributed by atoms with van der Waals surface area (Å²) in [6.45, 7) is -2.26. The number of rotatable bonds is 6. The SMILES string of the molecule is FC(F)n1c(CCNc2cc(-c3ccccc3)nc3ncnn23)nc2ccccc21. The minimum absolute atomic E-state index is 0.318. The maximum absolute atomic E-state index is 13.6. The number of fused-ring (bicyclic) bond motifs is 2. The van der Waals surface area contributed by atoms with E-state index in [0.29, 0.717) is 41.4 Å². The number of para-hydroxylation sites is 2. The molecule has 1 N–H and O–H groups in total. The Bertz CT molecular complexity index is 1310. The van der Waals surface area contributed by atoms with Gasteiger partial charge in [0.05, 0.1) is 16.7 Å². The van der Waals surface area contributed by atoms with Gasteiger partial charge in [0.25, 0.3) is 5.78 Å². The maximum atomic E-state index is 13.6. The van der Waals surface area contributed by atoms with Crippen molar-refractivity contribution in [1.29, 1.82) is 0 Å². The molecule has 0 saturated heterocycles. The molecule has 5 rings (SSSR count). The number of hydrogen-bond acceptors (Lipinski definition) is 5. The summed E-state index contributed by atoms with van der Waals surface area (Å²) in [5.41, 5.74) is 2.68. The van der Waals surface area contributed by atoms with Crippen molar-refractivity contribution in [3.05, 3.63) is 72.8 Å². The molecule has 0 atom stereocenters. The number of halogens is 2. The molecule has 0 saturated carbocycles. The Morgan fingerprint density at radius 3 is 2.60 bits per heavy atom. The average Bonchev–Trinajstić information content (AvgIpc) is 3.38. The molecule has 150 valence electrons. The molecule has 0 spiro atoms. The van der Waals surface area contributed by atoms with Gasteiger partial charge in [-0.3, -0.25) is 4.57 Å². The maximum Gasteiger partial charge on any atom is 0.320 e. The van der Waals surface area contributed by atoms with Crippen LogP contribution in [0, 0.1) is 0 Å². The van der Waals surface area contributed by atoms with Crippen molar-refractivity contribution in [2.75, 3.05) is 11.9 Å². The largest absolute Gasteiger partial charge is 0.369 e. The van der Waals surface area contributed by atoms with Crippen molar-refractivity contribution in [2.45, 2.75) is 13.0 Å². The molecule has 0 aliphatic rings. The van der Waals surface area contributed by atoms with Crippen LogP contribution in [0.1, 0.15) is 12.4 Å². The highest BCUT2D eigenvalue weighted by atomic mass is 19.3. The van der Waals surface area contributed by atoms with E-state index in [0.717, 1.165) is 15.8 Å². The van der Waals surface area contributed by atoms with E-state index in [1.807, 2.05) is 36.4 Å². The molecule has 0 aliphatic heterocycles. The smallest absolute Gasteiger partial charge is 0.320 e. The van der Waals surface area contributed by atoms with Crippen LogP contribution >= 0.6 is 0 Å². The van der Waals surface area contributed by atoms with Gasteiger partial charge < -0.3 is 5.32 Å². The van der Waals surface area contributed by atoms with Gasteiger partial charge >= 0.3 is 6.55 Å². The zero-order valence-corrected chi connectivity index (χ0v) is 15.8. The minimum atomic E-state index is -2.65. The summed E-state index contributed by atoms with van der Waals surface area (Å²) < 4.78 is 29.8. The van der Waals surface area contributed by atoms with Crippen LogP contribution in [0.4, 0.5) is 14.6 Å². The molecule has 0 bridgehead atoms. The zero-order valence-electron chi connectivity index (χ0n) is 15.8. The molecule has 30 heavy (non-hydrogen) atoms. The standard InChI is InChI=1S/C21H17F2N7/c22-20(23)29-17-9-5-4-8-15(17)27-18(29)10-11-24-19-12-16(14-6-2-1-3-7-14)28-21-25-13-26-30(19)21/h1-9,12-13,20,24H,10-11H2. The summed E-state index contributed by atoms with van der Waals surface area (Å²) in [5.74, 6) is 1.46. The van der Waals surface area contributed by atoms with E-state index in [1.165, 1.54) is 6.33 Å². The van der Waals surface area contributed by atoms with Crippen LogP contribution in [0.5, 0.6) is 0 Å². The Labute approximate surface area is 170 Å². The summed E-state index contributed by atoms with van der Waals surface area (Å²) in [4.78, 5) is 13.1. The molecule has 2 aromatic carbocycles. The van der Waals surface area contributed by atoms with Crippen LogP contribution in [-0.2, 0) is 6.42 Å². The number of benzene rings is 2. The molecule has 0 amide bonds. The second-order valence-corrected chi connectivity index (χ2v) is 6.71. The molecule has 3 heterocycles. The average molecular weight is 405 g/mol. The predicted molar refractivity (Wildman–Crippen MR) is 109 cm³/mol. The predicted octanol–water partition coefficient (Wildman–Crippen LogP) is 4.19. The van der Waals surface area contributed by atoms with Gasteiger partial charge in [0.1, 0.15) is 18.0 Å². The highest BCUT2D eigenvalue weighted by molar-refractivity contribution is 5.76. The van der Waals surface area contributed by atoms with Crippen molar-refractivity contribution in [3.8, 4) is 11.3 Å². The van der Waals surface area contributed by atoms with Gasteiger partial charge in [-0.25, -0.2) is 9.97 Å². The van der Waals surface area contributed by atoms with Crippen LogP contribution in [0.2, 0.25) is 0 Å². The number of anilines is 1. The number of hydrogen-bond donors (Lipinski definition) is 1. The quantitative estimate of drug-likeness (QED) is 0.459. The molecule has 7 nitrogen and oxygen atoms in total. The lowest BCUT2D eigenvalue weighted by Gasteiger charge is -2.11. The van der Waals surface area contributed by atoms with E-state index < -0.39 is 6.55 Å². The minimum Gasteiger partial charge on any atom is -0.369 e. The van der Waals surface area contributed by atoms with Crippen LogP contribution in [0.15, 0.2) is 67.0 Å². The van der Waals surface area contributed by atoms with Gasteiger partial charge in [-0.05, 0) is 12.1 Å². The molecule has 5 aromatic rings. The molecule has 0 fully saturated rings. The third-order valence-electron chi connectivity index (χ3n) is 4.84. The normalized spacial score (nSPS) is 11.6. The van der Waals surface area contributed by atoms with Crippen LogP contribution in [0.25, 0.3) is 28.1 Å². The van der Waals surface area contributed by atoms with E-state index in [2.05, 4.69) is 25.4 Å². The third-order valence-corrected chi connectivity index (χ3v) is 4.84. The highest BCUT2D eigenvalue weighted by Gasteiger charge is 2.17. The van der Waals surface area contributed by atoms with Gasteiger partial charge in [0.2, 0.25) is 0 Å². The first-order valence-electron chi connectivity index (χ1n) is 9.45. The lowest BCUT2D eigenvalue weighted by atomic mass is 10.1. The van der Waals surface area contributed by atoms with E-state index >= 15 is 0 Å². The third kappa shape index (κ3) is 3.24. The van der Waals surface area contributed by atoms with Gasteiger partial charge in [0, 0.05) is 24.6 Å². The fourth-order valence-corrected chi connectivity index (χ4v) is 3.49. The Hall–Kier alpha value is -3.88. The monoisotopic (exact) mass is 405 g/mol.